The Hall–Kier alpha value is -8.49. The zero-order chi connectivity index (χ0) is 98.7. The van der Waals surface area contributed by atoms with Crippen LogP contribution in [-0.4, -0.2) is 138 Å². The average molecular weight is 2100 g/mol. The summed E-state index contributed by atoms with van der Waals surface area (Å²) in [5.41, 5.74) is 25.3. The van der Waals surface area contributed by atoms with Gasteiger partial charge >= 0.3 is 230 Å². The number of benzene rings is 7. The number of nitrogens with zero attached hydrogens (tertiary/aromatic N) is 6. The first-order valence-electron chi connectivity index (χ1n) is 52.0. The summed E-state index contributed by atoms with van der Waals surface area (Å²) < 4.78 is 77.3. The van der Waals surface area contributed by atoms with E-state index in [1.165, 1.54) is 144 Å². The van der Waals surface area contributed by atoms with E-state index in [9.17, 15) is 36.0 Å². The van der Waals surface area contributed by atoms with E-state index in [0.717, 1.165) is 157 Å². The second kappa shape index (κ2) is 45.2. The number of amides is 2. The molecule has 2 amide bonds. The number of anilines is 2. The first-order chi connectivity index (χ1) is 67.4. The summed E-state index contributed by atoms with van der Waals surface area (Å²) in [6.07, 6.45) is 47.6. The van der Waals surface area contributed by atoms with Crippen LogP contribution >= 0.6 is 27.3 Å². The standard InChI is InChI=1S/C36H43N3O5S.C34H39N3O5S.C21H26N2.C18H33P.C7H6.CH4.2ClH.Ru/c1-5-7-9-14-32(40)36-22-30(36)29-21-26(44-4)16-18-27(29)34-33(24-12-10-8-11-13-24)28-17-15-25(20-31(28)39(34)23-36)35(41)37-45(42,43)38(3)19-6-2;1-36-17-9-4-3-8-12-30(38)34-20-28(34)27-19-24(42-2)14-16-25(27)32-31(22-10-6-5-7-11-22)26-15-13-23(18-29(26)37(32)21-34)33(39)35-43(36,40)41;1-14-9-16(3)20(17(4)10-14)22-7-8-23(13-22)21-18(5)11-15(2)12-19(21)6;1-4-10-16(11-5-1)19(17-12-6-2-7-13-17)18-14-8-3-9-15-18;1-7-5-3-2-4-6-7;;;;/h5-6,15-18,20-21,24,30H,1-2,7-14,19,22-23H2,3-4H3,(H,37,41);4,9,13-16,18-19,22,28H,3,5-8,10-12,17,20-21H2,1-2H3,(H,35,39);9-12H,7-8H2,1-6H3;16-18H,1-15H2;1-6H;1H4;2*1H;/q;;;;;;;;+2/p-2. The number of unbranched alkanes of at least 4 members (excludes halogenated alkanes) is 1. The number of halogens is 2. The zero-order valence-corrected chi connectivity index (χ0v) is 90.0. The maximum absolute atomic E-state index is 14.1. The van der Waals surface area contributed by atoms with Crippen molar-refractivity contribution in [2.75, 3.05) is 64.3 Å². The van der Waals surface area contributed by atoms with Crippen molar-refractivity contribution in [1.82, 2.24) is 27.2 Å². The van der Waals surface area contributed by atoms with Gasteiger partial charge in [0.25, 0.3) is 11.8 Å². The van der Waals surface area contributed by atoms with E-state index in [4.69, 9.17) is 28.9 Å². The Morgan fingerprint density at radius 3 is 1.59 bits per heavy atom. The molecule has 7 saturated carbocycles. The predicted molar refractivity (Wildman–Crippen MR) is 583 cm³/mol. The van der Waals surface area contributed by atoms with Crippen molar-refractivity contribution < 1.29 is 57.4 Å². The van der Waals surface area contributed by atoms with Gasteiger partial charge in [-0.1, -0.05) is 148 Å². The molecule has 7 aliphatic carbocycles. The number of ketones is 2. The summed E-state index contributed by atoms with van der Waals surface area (Å²) >= 11 is -3.44. The van der Waals surface area contributed by atoms with Crippen LogP contribution in [0.4, 0.5) is 11.4 Å². The summed E-state index contributed by atoms with van der Waals surface area (Å²) in [4.78, 5) is 59.7. The Morgan fingerprint density at radius 1 is 0.596 bits per heavy atom. The predicted octanol–water partition coefficient (Wildman–Crippen LogP) is 27.3. The maximum atomic E-state index is 14.1. The molecule has 4 unspecified atom stereocenters. The van der Waals surface area contributed by atoms with Gasteiger partial charge in [-0.25, -0.2) is 9.44 Å². The Labute approximate surface area is 852 Å². The molecule has 4 aliphatic heterocycles. The van der Waals surface area contributed by atoms with Gasteiger partial charge in [0, 0.05) is 109 Å². The molecule has 0 radical (unpaired) electrons. The number of allylic oxidation sites excluding steroid dienone is 2. The van der Waals surface area contributed by atoms with Crippen molar-refractivity contribution >= 4 is 113 Å². The van der Waals surface area contributed by atoms with E-state index in [0.29, 0.717) is 58.5 Å². The summed E-state index contributed by atoms with van der Waals surface area (Å²) in [5, 5.41) is 2.15. The zero-order valence-electron chi connectivity index (χ0n) is 84.2. The number of Topliss-reactive ketones (excluding diaryl/α,β-unsaturated/α-hetero) is 2. The number of methoxy groups -OCH3 is 2. The Morgan fingerprint density at radius 2 is 1.09 bits per heavy atom. The van der Waals surface area contributed by atoms with Crippen molar-refractivity contribution in [2.24, 2.45) is 10.8 Å². The summed E-state index contributed by atoms with van der Waals surface area (Å²) in [7, 11) is 13.3. The van der Waals surface area contributed by atoms with Crippen molar-refractivity contribution in [3.63, 3.8) is 0 Å². The fourth-order valence-corrected chi connectivity index (χ4v) is 38.0. The number of hydrogen-bond acceptors (Lipinski definition) is 12. The number of rotatable bonds is 20. The van der Waals surface area contributed by atoms with Crippen molar-refractivity contribution in [3.05, 3.63) is 237 Å². The van der Waals surface area contributed by atoms with Gasteiger partial charge in [0.1, 0.15) is 23.1 Å². The summed E-state index contributed by atoms with van der Waals surface area (Å²) in [5.74, 6) is 1.70. The minimum absolute atomic E-state index is 0. The Bertz CT molecular complexity index is 6420. The number of aromatic nitrogens is 2. The van der Waals surface area contributed by atoms with Crippen LogP contribution in [0.3, 0.4) is 0 Å². The Kier molecular flexibility index (Phi) is 33.8. The van der Waals surface area contributed by atoms with Gasteiger partial charge < -0.3 is 18.6 Å². The van der Waals surface area contributed by atoms with Crippen LogP contribution in [-0.2, 0) is 55.0 Å². The summed E-state index contributed by atoms with van der Waals surface area (Å²) in [6.45, 7) is 23.5. The van der Waals surface area contributed by atoms with Crippen molar-refractivity contribution in [2.45, 2.75) is 315 Å². The van der Waals surface area contributed by atoms with Gasteiger partial charge in [-0.2, -0.15) is 25.4 Å². The van der Waals surface area contributed by atoms with Crippen LogP contribution in [0.15, 0.2) is 165 Å². The molecule has 8 fully saturated rings. The van der Waals surface area contributed by atoms with Crippen LogP contribution in [0.2, 0.25) is 0 Å². The van der Waals surface area contributed by atoms with Gasteiger partial charge in [-0.3, -0.25) is 19.2 Å². The molecule has 1 spiro atoms. The van der Waals surface area contributed by atoms with Crippen molar-refractivity contribution in [1.29, 1.82) is 0 Å². The molecule has 4 bridgehead atoms. The van der Waals surface area contributed by atoms with Crippen LogP contribution < -0.4 is 28.7 Å². The molecule has 20 rings (SSSR count). The molecule has 6 heterocycles. The van der Waals surface area contributed by atoms with Crippen LogP contribution in [0, 0.1) is 52.4 Å². The van der Waals surface area contributed by atoms with Crippen molar-refractivity contribution in [3.8, 4) is 34.0 Å². The first kappa shape index (κ1) is 105. The first-order valence-corrected chi connectivity index (χ1v) is 62.8. The molecule has 11 aliphatic rings. The second-order valence-electron chi connectivity index (χ2n) is 42.0. The number of carbonyl (C=O) groups is 4. The van der Waals surface area contributed by atoms with E-state index in [-0.39, 0.29) is 55.0 Å². The fourth-order valence-electron chi connectivity index (χ4n) is 25.7. The van der Waals surface area contributed by atoms with E-state index in [1.54, 1.807) is 109 Å². The van der Waals surface area contributed by atoms with E-state index < -0.39 is 55.0 Å². The molecule has 758 valence electrons. The van der Waals surface area contributed by atoms with Crippen LogP contribution in [0.5, 0.6) is 11.5 Å². The Balaban J connectivity index is 0.000000140. The molecule has 24 heteroatoms. The monoisotopic (exact) mass is 2090 g/mol. The molecular formula is C117H151Cl2N8O10PRuS2. The SMILES string of the molecule is C.C1CCC(P(C2CCCCC2)C2CCCCC2)CC1.C=CCCCC(=O)C12CC1c1cc(OC)ccc1-c1c(C3CCCCC3)c3ccc(C(=O)NS(=O)(=O)N(C)CC=C)cc3n1C2.COc1ccc2c(c1)C1CC13Cn1c-2c(C2CCCCC2)c2ccc(cc21)C(=O)NS(=O)(=O)N(C)CC=CCCCC3=O.Cc1cc(C)c(N2CCN(c3c(C)cc(C)cc3C)[C]2=[Ru]([Cl])([Cl])=[CH]c2ccccc2)c(C)c1. The molecule has 2 aromatic heterocycles. The number of likely N-dealkylation sites (N-methyl/N-ethyl adjacent to an activating group) is 2. The number of nitrogens with one attached hydrogen (secondary N) is 2. The van der Waals surface area contributed by atoms with Gasteiger partial charge in [-0.15, -0.1) is 13.2 Å². The second-order valence-corrected chi connectivity index (χ2v) is 57.9. The molecule has 141 heavy (non-hydrogen) atoms. The van der Waals surface area contributed by atoms with Gasteiger partial charge in [0.05, 0.1) is 36.4 Å². The van der Waals surface area contributed by atoms with Gasteiger partial charge in [0.2, 0.25) is 0 Å². The van der Waals surface area contributed by atoms with Gasteiger partial charge in [-0.05, 0) is 214 Å². The van der Waals surface area contributed by atoms with Gasteiger partial charge in [0.15, 0.2) is 0 Å². The quantitative estimate of drug-likeness (QED) is 0.0317. The fraction of sp³-hybridized carbons (Fsp3) is 0.504. The number of aryl methyl sites for hydroxylation is 6. The number of hydrogen-bond donors (Lipinski definition) is 2. The topological polar surface area (TPSA) is 202 Å². The third-order valence-corrected chi connectivity index (χ3v) is 44.9. The van der Waals surface area contributed by atoms with E-state index in [1.807, 2.05) is 66.7 Å². The minimum atomic E-state index is -4.05. The van der Waals surface area contributed by atoms with E-state index >= 15 is 0 Å². The molecule has 7 aromatic carbocycles. The summed E-state index contributed by atoms with van der Waals surface area (Å²) in [6, 6.07) is 42.8. The third kappa shape index (κ3) is 22.3. The van der Waals surface area contributed by atoms with Crippen LogP contribution in [0.25, 0.3) is 44.3 Å². The van der Waals surface area contributed by atoms with Crippen LogP contribution in [0.1, 0.15) is 325 Å². The number of carbonyl (C=O) groups excluding carboxylic acids is 4. The molecule has 1 saturated heterocycles. The third-order valence-electron chi connectivity index (χ3n) is 32.5. The number of fused-ring (bicyclic) bond motifs is 11. The molecule has 2 N–H and O–H groups in total. The average Bonchev–Trinajstić information content (AvgIpc) is 1.52. The molecule has 9 aromatic rings. The molecule has 4 atom stereocenters. The molecular weight excluding hydrogens is 1940 g/mol. The number of ether oxygens (including phenoxy) is 2. The van der Waals surface area contributed by atoms with E-state index in [2.05, 4.69) is 148 Å². The normalized spacial score (nSPS) is 22.0. The molecule has 18 nitrogen and oxygen atoms in total.